The van der Waals surface area contributed by atoms with E-state index in [0.717, 1.165) is 6.42 Å². The third kappa shape index (κ3) is 6.56. The number of hydrogen-bond acceptors (Lipinski definition) is 6. The van der Waals surface area contributed by atoms with Crippen molar-refractivity contribution in [2.45, 2.75) is 32.7 Å². The van der Waals surface area contributed by atoms with Crippen LogP contribution in [0.5, 0.6) is 5.75 Å². The normalized spacial score (nSPS) is 17.2. The summed E-state index contributed by atoms with van der Waals surface area (Å²) in [6, 6.07) is 14.9. The minimum Gasteiger partial charge on any atom is -0.494 e. The Balaban J connectivity index is 1.61. The predicted octanol–water partition coefficient (Wildman–Crippen LogP) is 3.49. The summed E-state index contributed by atoms with van der Waals surface area (Å²) in [6.07, 6.45) is 1.29. The van der Waals surface area contributed by atoms with E-state index in [1.807, 2.05) is 6.07 Å². The van der Waals surface area contributed by atoms with Gasteiger partial charge in [-0.3, -0.25) is 4.79 Å². The summed E-state index contributed by atoms with van der Waals surface area (Å²) in [5.41, 5.74) is 0.891. The first kappa shape index (κ1) is 23.8. The molecule has 32 heavy (non-hydrogen) atoms. The van der Waals surface area contributed by atoms with Gasteiger partial charge in [0, 0.05) is 5.69 Å². The maximum Gasteiger partial charge on any atom is 0.338 e. The molecule has 1 saturated heterocycles. The number of sulfone groups is 1. The van der Waals surface area contributed by atoms with Gasteiger partial charge in [0.25, 0.3) is 5.91 Å². The van der Waals surface area contributed by atoms with Crippen molar-refractivity contribution in [3.8, 4) is 5.75 Å². The molecule has 172 valence electrons. The number of rotatable bonds is 9. The van der Waals surface area contributed by atoms with Crippen LogP contribution in [0.1, 0.15) is 37.0 Å². The van der Waals surface area contributed by atoms with Gasteiger partial charge in [-0.25, -0.2) is 13.2 Å². The lowest BCUT2D eigenvalue weighted by Crippen LogP contribution is -2.43. The fourth-order valence-corrected chi connectivity index (χ4v) is 5.21. The standard InChI is InChI=1S/C24H29NO6S/c1-18(2)12-14-30-22-10-8-19(9-11-22)24(27)31-16-23(26)25(20-6-4-3-5-7-20)21-13-15-32(28,29)17-21/h3-11,18,21H,12-17H2,1-2H3. The predicted molar refractivity (Wildman–Crippen MR) is 123 cm³/mol. The van der Waals surface area contributed by atoms with Crippen LogP contribution >= 0.6 is 0 Å². The third-order valence-electron chi connectivity index (χ3n) is 5.26. The number of amides is 1. The second-order valence-corrected chi connectivity index (χ2v) is 10.5. The van der Waals surface area contributed by atoms with Crippen LogP contribution in [-0.2, 0) is 19.4 Å². The molecule has 1 unspecified atom stereocenters. The van der Waals surface area contributed by atoms with Gasteiger partial charge in [-0.2, -0.15) is 0 Å². The lowest BCUT2D eigenvalue weighted by atomic mass is 10.1. The zero-order chi connectivity index (χ0) is 23.1. The second kappa shape index (κ2) is 10.6. The van der Waals surface area contributed by atoms with Crippen LogP contribution in [0.3, 0.4) is 0 Å². The monoisotopic (exact) mass is 459 g/mol. The lowest BCUT2D eigenvalue weighted by molar-refractivity contribution is -0.122. The fraction of sp³-hybridized carbons (Fsp3) is 0.417. The molecule has 0 radical (unpaired) electrons. The topological polar surface area (TPSA) is 90.0 Å². The van der Waals surface area contributed by atoms with E-state index in [9.17, 15) is 18.0 Å². The van der Waals surface area contributed by atoms with Gasteiger partial charge in [-0.15, -0.1) is 0 Å². The summed E-state index contributed by atoms with van der Waals surface area (Å²) < 4.78 is 34.8. The molecular formula is C24H29NO6S. The molecule has 0 spiro atoms. The molecule has 3 rings (SSSR count). The van der Waals surface area contributed by atoms with E-state index in [1.54, 1.807) is 48.5 Å². The molecule has 1 aliphatic rings. The van der Waals surface area contributed by atoms with Crippen LogP contribution in [0.2, 0.25) is 0 Å². The number of carbonyl (C=O) groups is 2. The smallest absolute Gasteiger partial charge is 0.338 e. The van der Waals surface area contributed by atoms with Crippen molar-refractivity contribution in [1.82, 2.24) is 0 Å². The van der Waals surface area contributed by atoms with Gasteiger partial charge < -0.3 is 14.4 Å². The van der Waals surface area contributed by atoms with Crippen LogP contribution in [0.25, 0.3) is 0 Å². The van der Waals surface area contributed by atoms with Gasteiger partial charge in [0.05, 0.1) is 29.7 Å². The van der Waals surface area contributed by atoms with Crippen molar-refractivity contribution in [2.24, 2.45) is 5.92 Å². The fourth-order valence-electron chi connectivity index (χ4n) is 3.51. The Bertz CT molecular complexity index is 1020. The molecule has 8 heteroatoms. The number of benzene rings is 2. The first-order chi connectivity index (χ1) is 15.2. The zero-order valence-corrected chi connectivity index (χ0v) is 19.2. The van der Waals surface area contributed by atoms with E-state index in [2.05, 4.69) is 13.8 Å². The molecular weight excluding hydrogens is 430 g/mol. The van der Waals surface area contributed by atoms with E-state index in [4.69, 9.17) is 9.47 Å². The second-order valence-electron chi connectivity index (χ2n) is 8.29. The number of para-hydroxylation sites is 1. The summed E-state index contributed by atoms with van der Waals surface area (Å²) in [4.78, 5) is 26.8. The summed E-state index contributed by atoms with van der Waals surface area (Å²) >= 11 is 0. The Labute approximate surface area is 189 Å². The van der Waals surface area contributed by atoms with Gasteiger partial charge in [0.2, 0.25) is 0 Å². The van der Waals surface area contributed by atoms with Crippen LogP contribution in [-0.4, -0.2) is 51.1 Å². The summed E-state index contributed by atoms with van der Waals surface area (Å²) in [5.74, 6) is 0.0662. The quantitative estimate of drug-likeness (QED) is 0.533. The van der Waals surface area contributed by atoms with Gasteiger partial charge in [0.15, 0.2) is 16.4 Å². The van der Waals surface area contributed by atoms with Crippen molar-refractivity contribution in [3.63, 3.8) is 0 Å². The Morgan fingerprint density at radius 3 is 2.34 bits per heavy atom. The highest BCUT2D eigenvalue weighted by molar-refractivity contribution is 7.91. The maximum atomic E-state index is 12.9. The molecule has 1 atom stereocenters. The van der Waals surface area contributed by atoms with E-state index in [0.29, 0.717) is 35.9 Å². The highest BCUT2D eigenvalue weighted by Crippen LogP contribution is 2.25. The van der Waals surface area contributed by atoms with Crippen LogP contribution < -0.4 is 9.64 Å². The average molecular weight is 460 g/mol. The SMILES string of the molecule is CC(C)CCOc1ccc(C(=O)OCC(=O)N(c2ccccc2)C2CCS(=O)(=O)C2)cc1. The van der Waals surface area contributed by atoms with Crippen molar-refractivity contribution in [3.05, 3.63) is 60.2 Å². The Morgan fingerprint density at radius 1 is 1.06 bits per heavy atom. The molecule has 1 heterocycles. The molecule has 1 fully saturated rings. The van der Waals surface area contributed by atoms with Gasteiger partial charge in [-0.1, -0.05) is 32.0 Å². The Morgan fingerprint density at radius 2 is 1.75 bits per heavy atom. The van der Waals surface area contributed by atoms with Crippen LogP contribution in [0.15, 0.2) is 54.6 Å². The summed E-state index contributed by atoms with van der Waals surface area (Å²) in [5, 5.41) is 0. The third-order valence-corrected chi connectivity index (χ3v) is 7.01. The molecule has 2 aromatic rings. The largest absolute Gasteiger partial charge is 0.494 e. The molecule has 0 saturated carbocycles. The van der Waals surface area contributed by atoms with Crippen molar-refractivity contribution in [1.29, 1.82) is 0 Å². The van der Waals surface area contributed by atoms with E-state index < -0.39 is 34.4 Å². The van der Waals surface area contributed by atoms with Crippen LogP contribution in [0, 0.1) is 5.92 Å². The minimum atomic E-state index is -3.19. The number of ether oxygens (including phenoxy) is 2. The lowest BCUT2D eigenvalue weighted by Gasteiger charge is -2.28. The molecule has 1 amide bonds. The van der Waals surface area contributed by atoms with Crippen LogP contribution in [0.4, 0.5) is 5.69 Å². The number of esters is 1. The minimum absolute atomic E-state index is 0.0413. The molecule has 7 nitrogen and oxygen atoms in total. The Kier molecular flexibility index (Phi) is 7.90. The van der Waals surface area contributed by atoms with E-state index >= 15 is 0 Å². The molecule has 1 aliphatic heterocycles. The first-order valence-electron chi connectivity index (χ1n) is 10.7. The average Bonchev–Trinajstić information content (AvgIpc) is 3.12. The summed E-state index contributed by atoms with van der Waals surface area (Å²) in [7, 11) is -3.19. The van der Waals surface area contributed by atoms with Gasteiger partial charge >= 0.3 is 5.97 Å². The molecule has 0 aromatic heterocycles. The number of carbonyl (C=O) groups excluding carboxylic acids is 2. The highest BCUT2D eigenvalue weighted by Gasteiger charge is 2.35. The molecule has 0 bridgehead atoms. The van der Waals surface area contributed by atoms with Crippen molar-refractivity contribution in [2.75, 3.05) is 29.6 Å². The van der Waals surface area contributed by atoms with Crippen molar-refractivity contribution < 1.29 is 27.5 Å². The van der Waals surface area contributed by atoms with Crippen molar-refractivity contribution >= 4 is 27.4 Å². The highest BCUT2D eigenvalue weighted by atomic mass is 32.2. The molecule has 0 aliphatic carbocycles. The number of nitrogens with zero attached hydrogens (tertiary/aromatic N) is 1. The van der Waals surface area contributed by atoms with E-state index in [-0.39, 0.29) is 11.5 Å². The van der Waals surface area contributed by atoms with Gasteiger partial charge in [0.1, 0.15) is 5.75 Å². The van der Waals surface area contributed by atoms with E-state index in [1.165, 1.54) is 4.90 Å². The molecule has 0 N–H and O–H groups in total. The zero-order valence-electron chi connectivity index (χ0n) is 18.4. The first-order valence-corrected chi connectivity index (χ1v) is 12.5. The summed E-state index contributed by atoms with van der Waals surface area (Å²) in [6.45, 7) is 4.36. The number of anilines is 1. The molecule has 2 aromatic carbocycles. The van der Waals surface area contributed by atoms with Gasteiger partial charge in [-0.05, 0) is 55.2 Å². The number of hydrogen-bond donors (Lipinski definition) is 0. The Hall–Kier alpha value is -2.87. The maximum absolute atomic E-state index is 12.9.